The molecule has 1 aromatic rings. The highest BCUT2D eigenvalue weighted by atomic mass is 16.6. The topological polar surface area (TPSA) is 102 Å². The van der Waals surface area contributed by atoms with Crippen molar-refractivity contribution in [2.75, 3.05) is 18.0 Å². The third kappa shape index (κ3) is 4.30. The standard InChI is InChI=1S/C18H23N3O5/c1-12(17(22)19-14-6-7-14)26-18(23)13-5-8-15(16(11-13)21(24)25)20-9-3-2-4-10-20/h5,8,11-12,14H,2-4,6-7,9-10H2,1H3,(H,19,22)/t12-/m0/s1. The van der Waals surface area contributed by atoms with Crippen LogP contribution >= 0.6 is 0 Å². The van der Waals surface area contributed by atoms with Crippen molar-refractivity contribution in [1.29, 1.82) is 0 Å². The van der Waals surface area contributed by atoms with Crippen LogP contribution in [0.2, 0.25) is 0 Å². The van der Waals surface area contributed by atoms with Crippen LogP contribution in [0.1, 0.15) is 49.4 Å². The van der Waals surface area contributed by atoms with Gasteiger partial charge < -0.3 is 15.0 Å². The van der Waals surface area contributed by atoms with E-state index in [4.69, 9.17) is 4.74 Å². The Kier molecular flexibility index (Phi) is 5.39. The van der Waals surface area contributed by atoms with Crippen molar-refractivity contribution < 1.29 is 19.2 Å². The number of amides is 1. The second kappa shape index (κ2) is 7.72. The number of rotatable bonds is 6. The number of hydrogen-bond donors (Lipinski definition) is 1. The molecule has 140 valence electrons. The van der Waals surface area contributed by atoms with Gasteiger partial charge in [0.05, 0.1) is 10.5 Å². The van der Waals surface area contributed by atoms with Gasteiger partial charge in [0.25, 0.3) is 11.6 Å². The summed E-state index contributed by atoms with van der Waals surface area (Å²) in [6.07, 6.45) is 4.05. The number of esters is 1. The van der Waals surface area contributed by atoms with Crippen LogP contribution in [0.25, 0.3) is 0 Å². The molecule has 26 heavy (non-hydrogen) atoms. The molecule has 1 amide bonds. The van der Waals surface area contributed by atoms with Gasteiger partial charge in [0.2, 0.25) is 0 Å². The van der Waals surface area contributed by atoms with E-state index in [-0.39, 0.29) is 23.2 Å². The molecular weight excluding hydrogens is 338 g/mol. The van der Waals surface area contributed by atoms with Crippen LogP contribution in [0.15, 0.2) is 18.2 Å². The Morgan fingerprint density at radius 3 is 2.58 bits per heavy atom. The quantitative estimate of drug-likeness (QED) is 0.474. The molecule has 1 saturated heterocycles. The molecule has 2 aliphatic rings. The summed E-state index contributed by atoms with van der Waals surface area (Å²) in [6, 6.07) is 4.52. The lowest BCUT2D eigenvalue weighted by Gasteiger charge is -2.28. The van der Waals surface area contributed by atoms with Gasteiger partial charge in [-0.1, -0.05) is 0 Å². The average molecular weight is 361 g/mol. The summed E-state index contributed by atoms with van der Waals surface area (Å²) in [4.78, 5) is 37.1. The zero-order valence-electron chi connectivity index (χ0n) is 14.8. The number of nitrogens with one attached hydrogen (secondary N) is 1. The highest BCUT2D eigenvalue weighted by Gasteiger charge is 2.28. The molecule has 1 N–H and O–H groups in total. The number of ether oxygens (including phenoxy) is 1. The number of anilines is 1. The lowest BCUT2D eigenvalue weighted by Crippen LogP contribution is -2.37. The number of nitrogens with zero attached hydrogens (tertiary/aromatic N) is 2. The van der Waals surface area contributed by atoms with Gasteiger partial charge in [0, 0.05) is 25.2 Å². The molecule has 1 aromatic carbocycles. The van der Waals surface area contributed by atoms with Crippen LogP contribution in [0.3, 0.4) is 0 Å². The van der Waals surface area contributed by atoms with E-state index in [0.717, 1.165) is 45.2 Å². The van der Waals surface area contributed by atoms with Crippen molar-refractivity contribution in [1.82, 2.24) is 5.32 Å². The summed E-state index contributed by atoms with van der Waals surface area (Å²) in [7, 11) is 0. The molecule has 1 saturated carbocycles. The van der Waals surface area contributed by atoms with Crippen molar-refractivity contribution in [3.63, 3.8) is 0 Å². The number of carbonyl (C=O) groups excluding carboxylic acids is 2. The van der Waals surface area contributed by atoms with Crippen molar-refractivity contribution >= 4 is 23.3 Å². The first-order valence-corrected chi connectivity index (χ1v) is 9.00. The van der Waals surface area contributed by atoms with E-state index in [1.807, 2.05) is 4.90 Å². The van der Waals surface area contributed by atoms with Gasteiger partial charge in [0.15, 0.2) is 6.10 Å². The number of hydrogen-bond acceptors (Lipinski definition) is 6. The van der Waals surface area contributed by atoms with E-state index < -0.39 is 17.0 Å². The first-order chi connectivity index (χ1) is 12.5. The van der Waals surface area contributed by atoms with E-state index in [2.05, 4.69) is 5.32 Å². The summed E-state index contributed by atoms with van der Waals surface area (Å²) in [5.74, 6) is -1.09. The van der Waals surface area contributed by atoms with Crippen molar-refractivity contribution in [2.45, 2.75) is 51.2 Å². The number of carbonyl (C=O) groups is 2. The molecule has 0 unspecified atom stereocenters. The molecule has 2 fully saturated rings. The number of nitro benzene ring substituents is 1. The molecule has 0 bridgehead atoms. The summed E-state index contributed by atoms with van der Waals surface area (Å²) < 4.78 is 5.16. The van der Waals surface area contributed by atoms with Gasteiger partial charge in [-0.15, -0.1) is 0 Å². The summed E-state index contributed by atoms with van der Waals surface area (Å²) in [5.41, 5.74) is 0.478. The minimum absolute atomic E-state index is 0.0727. The molecule has 1 atom stereocenters. The third-order valence-electron chi connectivity index (χ3n) is 4.68. The molecule has 0 spiro atoms. The second-order valence-corrected chi connectivity index (χ2v) is 6.84. The van der Waals surface area contributed by atoms with Crippen molar-refractivity contribution in [3.05, 3.63) is 33.9 Å². The number of piperidine rings is 1. The van der Waals surface area contributed by atoms with Crippen LogP contribution in [-0.4, -0.2) is 42.0 Å². The fourth-order valence-corrected chi connectivity index (χ4v) is 3.03. The van der Waals surface area contributed by atoms with Gasteiger partial charge in [-0.2, -0.15) is 0 Å². The van der Waals surface area contributed by atoms with E-state index in [0.29, 0.717) is 5.69 Å². The molecule has 8 nitrogen and oxygen atoms in total. The van der Waals surface area contributed by atoms with Gasteiger partial charge in [-0.25, -0.2) is 4.79 Å². The van der Waals surface area contributed by atoms with Gasteiger partial charge in [-0.3, -0.25) is 14.9 Å². The average Bonchev–Trinajstić information content (AvgIpc) is 3.45. The fraction of sp³-hybridized carbons (Fsp3) is 0.556. The summed E-state index contributed by atoms with van der Waals surface area (Å²) in [6.45, 7) is 3.03. The smallest absolute Gasteiger partial charge is 0.339 e. The van der Waals surface area contributed by atoms with Gasteiger partial charge >= 0.3 is 5.97 Å². The molecule has 1 aliphatic heterocycles. The Morgan fingerprint density at radius 2 is 1.96 bits per heavy atom. The van der Waals surface area contributed by atoms with E-state index in [1.165, 1.54) is 19.1 Å². The summed E-state index contributed by atoms with van der Waals surface area (Å²) in [5, 5.41) is 14.2. The maximum atomic E-state index is 12.3. The maximum Gasteiger partial charge on any atom is 0.339 e. The number of benzene rings is 1. The maximum absolute atomic E-state index is 12.3. The van der Waals surface area contributed by atoms with Crippen LogP contribution in [-0.2, 0) is 9.53 Å². The lowest BCUT2D eigenvalue weighted by molar-refractivity contribution is -0.384. The Hall–Kier alpha value is -2.64. The molecule has 1 aliphatic carbocycles. The Bertz CT molecular complexity index is 711. The zero-order valence-corrected chi connectivity index (χ0v) is 14.8. The predicted octanol–water partition coefficient (Wildman–Crippen LogP) is 2.41. The molecule has 0 radical (unpaired) electrons. The zero-order chi connectivity index (χ0) is 18.7. The summed E-state index contributed by atoms with van der Waals surface area (Å²) >= 11 is 0. The van der Waals surface area contributed by atoms with Crippen LogP contribution in [0, 0.1) is 10.1 Å². The van der Waals surface area contributed by atoms with E-state index in [1.54, 1.807) is 6.07 Å². The highest BCUT2D eigenvalue weighted by Crippen LogP contribution is 2.31. The van der Waals surface area contributed by atoms with Gasteiger partial charge in [-0.05, 0) is 51.2 Å². The van der Waals surface area contributed by atoms with Crippen LogP contribution in [0.4, 0.5) is 11.4 Å². The monoisotopic (exact) mass is 361 g/mol. The first kappa shape index (κ1) is 18.2. The number of nitro groups is 1. The largest absolute Gasteiger partial charge is 0.449 e. The third-order valence-corrected chi connectivity index (χ3v) is 4.68. The van der Waals surface area contributed by atoms with Crippen molar-refractivity contribution in [3.8, 4) is 0 Å². The minimum Gasteiger partial charge on any atom is -0.449 e. The fourth-order valence-electron chi connectivity index (χ4n) is 3.03. The Labute approximate surface area is 151 Å². The van der Waals surface area contributed by atoms with Crippen LogP contribution < -0.4 is 10.2 Å². The van der Waals surface area contributed by atoms with E-state index >= 15 is 0 Å². The molecule has 0 aromatic heterocycles. The van der Waals surface area contributed by atoms with Crippen LogP contribution in [0.5, 0.6) is 0 Å². The molecular formula is C18H23N3O5. The first-order valence-electron chi connectivity index (χ1n) is 9.00. The minimum atomic E-state index is -0.941. The molecule has 1 heterocycles. The van der Waals surface area contributed by atoms with Crippen molar-refractivity contribution in [2.24, 2.45) is 0 Å². The SMILES string of the molecule is C[C@H](OC(=O)c1ccc(N2CCCCC2)c([N+](=O)[O-])c1)C(=O)NC1CC1. The predicted molar refractivity (Wildman–Crippen MR) is 95.2 cm³/mol. The lowest BCUT2D eigenvalue weighted by atomic mass is 10.1. The Balaban J connectivity index is 1.72. The molecule has 3 rings (SSSR count). The van der Waals surface area contributed by atoms with Gasteiger partial charge in [0.1, 0.15) is 5.69 Å². The second-order valence-electron chi connectivity index (χ2n) is 6.84. The van der Waals surface area contributed by atoms with E-state index in [9.17, 15) is 19.7 Å². The Morgan fingerprint density at radius 1 is 1.27 bits per heavy atom. The molecule has 8 heteroatoms. The highest BCUT2D eigenvalue weighted by molar-refractivity contribution is 5.93. The normalized spacial score (nSPS) is 18.1.